The van der Waals surface area contributed by atoms with Crippen molar-refractivity contribution in [2.24, 2.45) is 0 Å². The molecule has 2 aromatic rings. The molecule has 5 nitrogen and oxygen atoms in total. The summed E-state index contributed by atoms with van der Waals surface area (Å²) in [7, 11) is 0. The predicted molar refractivity (Wildman–Crippen MR) is 106 cm³/mol. The number of amides is 2. The molecule has 0 aliphatic carbocycles. The van der Waals surface area contributed by atoms with E-state index in [1.165, 1.54) is 0 Å². The molecule has 0 bridgehead atoms. The van der Waals surface area contributed by atoms with E-state index in [1.807, 2.05) is 55.7 Å². The largest absolute Gasteiger partial charge is 0.332 e. The highest BCUT2D eigenvalue weighted by molar-refractivity contribution is 6.31. The number of nitrogens with zero attached hydrogens (tertiary/aromatic N) is 3. The van der Waals surface area contributed by atoms with Crippen LogP contribution in [0.4, 0.5) is 0 Å². The molecule has 3 heterocycles. The number of benzene rings is 1. The molecule has 1 aromatic heterocycles. The Hall–Kier alpha value is -2.40. The molecule has 0 fully saturated rings. The molecule has 0 spiro atoms. The van der Waals surface area contributed by atoms with Crippen LogP contribution in [-0.4, -0.2) is 38.7 Å². The number of aromatic nitrogens is 1. The molecule has 1 aromatic carbocycles. The van der Waals surface area contributed by atoms with Crippen LogP contribution in [0.15, 0.2) is 36.5 Å². The molecule has 0 unspecified atom stereocenters. The summed E-state index contributed by atoms with van der Waals surface area (Å²) < 4.78 is 0. The zero-order valence-corrected chi connectivity index (χ0v) is 16.8. The maximum atomic E-state index is 11.9. The van der Waals surface area contributed by atoms with E-state index in [4.69, 9.17) is 11.6 Å². The Morgan fingerprint density at radius 3 is 2.19 bits per heavy atom. The SMILES string of the molecule is CC(C)N1Cc2ccc(Cl)cc2C1=O.CC(C)N1Cc2ncccc2C1=O. The summed E-state index contributed by atoms with van der Waals surface area (Å²) in [6.45, 7) is 9.44. The molecule has 142 valence electrons. The Labute approximate surface area is 164 Å². The minimum atomic E-state index is 0.0949. The van der Waals surface area contributed by atoms with Crippen molar-refractivity contribution in [3.63, 3.8) is 0 Å². The second-order valence-electron chi connectivity index (χ2n) is 7.35. The third kappa shape index (κ3) is 3.83. The Balaban J connectivity index is 0.000000156. The lowest BCUT2D eigenvalue weighted by atomic mass is 10.1. The summed E-state index contributed by atoms with van der Waals surface area (Å²) in [6.07, 6.45) is 1.73. The van der Waals surface area contributed by atoms with Crippen LogP contribution >= 0.6 is 11.6 Å². The van der Waals surface area contributed by atoms with Crippen molar-refractivity contribution in [3.8, 4) is 0 Å². The van der Waals surface area contributed by atoms with Gasteiger partial charge in [0.2, 0.25) is 0 Å². The first-order chi connectivity index (χ1) is 12.8. The van der Waals surface area contributed by atoms with Crippen LogP contribution in [0.25, 0.3) is 0 Å². The number of carbonyl (C=O) groups is 2. The molecule has 2 aliphatic rings. The number of pyridine rings is 1. The fourth-order valence-electron chi connectivity index (χ4n) is 3.28. The molecule has 4 rings (SSSR count). The first-order valence-electron chi connectivity index (χ1n) is 9.13. The van der Waals surface area contributed by atoms with E-state index in [1.54, 1.807) is 18.3 Å². The van der Waals surface area contributed by atoms with Crippen LogP contribution in [0.2, 0.25) is 5.02 Å². The molecule has 6 heteroatoms. The van der Waals surface area contributed by atoms with Crippen molar-refractivity contribution in [1.82, 2.24) is 14.8 Å². The van der Waals surface area contributed by atoms with E-state index in [-0.39, 0.29) is 23.9 Å². The van der Waals surface area contributed by atoms with Gasteiger partial charge >= 0.3 is 0 Å². The van der Waals surface area contributed by atoms with Gasteiger partial charge in [0.25, 0.3) is 11.8 Å². The number of carbonyl (C=O) groups excluding carboxylic acids is 2. The molecule has 27 heavy (non-hydrogen) atoms. The van der Waals surface area contributed by atoms with Crippen LogP contribution in [0, 0.1) is 0 Å². The van der Waals surface area contributed by atoms with Gasteiger partial charge in [-0.3, -0.25) is 14.6 Å². The zero-order valence-electron chi connectivity index (χ0n) is 16.1. The fraction of sp³-hybridized carbons (Fsp3) is 0.381. The zero-order chi connectivity index (χ0) is 19.7. The van der Waals surface area contributed by atoms with Gasteiger partial charge in [0.1, 0.15) is 0 Å². The molecule has 0 N–H and O–H groups in total. The van der Waals surface area contributed by atoms with E-state index in [0.717, 1.165) is 22.4 Å². The van der Waals surface area contributed by atoms with Gasteiger partial charge in [-0.2, -0.15) is 0 Å². The number of hydrogen-bond donors (Lipinski definition) is 0. The molecule has 0 saturated heterocycles. The second-order valence-corrected chi connectivity index (χ2v) is 7.79. The highest BCUT2D eigenvalue weighted by atomic mass is 35.5. The van der Waals surface area contributed by atoms with Crippen molar-refractivity contribution in [1.29, 1.82) is 0 Å². The van der Waals surface area contributed by atoms with Crippen molar-refractivity contribution >= 4 is 23.4 Å². The van der Waals surface area contributed by atoms with Gasteiger partial charge in [0.15, 0.2) is 0 Å². The lowest BCUT2D eigenvalue weighted by Gasteiger charge is -2.19. The van der Waals surface area contributed by atoms with Crippen molar-refractivity contribution in [2.75, 3.05) is 0 Å². The quantitative estimate of drug-likeness (QED) is 0.780. The van der Waals surface area contributed by atoms with Crippen molar-refractivity contribution in [3.05, 3.63) is 63.9 Å². The van der Waals surface area contributed by atoms with E-state index < -0.39 is 0 Å². The van der Waals surface area contributed by atoms with E-state index in [0.29, 0.717) is 18.1 Å². The molecule has 2 aliphatic heterocycles. The average Bonchev–Trinajstić information content (AvgIpc) is 3.14. The first kappa shape index (κ1) is 19.4. The van der Waals surface area contributed by atoms with Gasteiger partial charge < -0.3 is 9.80 Å². The third-order valence-electron chi connectivity index (χ3n) is 4.85. The van der Waals surface area contributed by atoms with Crippen LogP contribution in [-0.2, 0) is 13.1 Å². The van der Waals surface area contributed by atoms with Crippen molar-refractivity contribution < 1.29 is 9.59 Å². The van der Waals surface area contributed by atoms with Gasteiger partial charge in [-0.15, -0.1) is 0 Å². The monoisotopic (exact) mass is 385 g/mol. The molecular weight excluding hydrogens is 362 g/mol. The second kappa shape index (κ2) is 7.69. The van der Waals surface area contributed by atoms with Gasteiger partial charge in [-0.05, 0) is 57.5 Å². The molecular formula is C21H24ClN3O2. The minimum Gasteiger partial charge on any atom is -0.332 e. The summed E-state index contributed by atoms with van der Waals surface area (Å²) in [5, 5.41) is 0.628. The van der Waals surface area contributed by atoms with Gasteiger partial charge in [-0.25, -0.2) is 0 Å². The Bertz CT molecular complexity index is 879. The lowest BCUT2D eigenvalue weighted by molar-refractivity contribution is 0.0722. The van der Waals surface area contributed by atoms with Crippen LogP contribution < -0.4 is 0 Å². The van der Waals surface area contributed by atoms with Gasteiger partial charge in [0, 0.05) is 35.4 Å². The normalized spacial score (nSPS) is 15.2. The van der Waals surface area contributed by atoms with Crippen LogP contribution in [0.5, 0.6) is 0 Å². The molecule has 0 atom stereocenters. The maximum Gasteiger partial charge on any atom is 0.256 e. The highest BCUT2D eigenvalue weighted by Crippen LogP contribution is 2.27. The molecule has 2 amide bonds. The summed E-state index contributed by atoms with van der Waals surface area (Å²) >= 11 is 5.85. The van der Waals surface area contributed by atoms with E-state index in [9.17, 15) is 9.59 Å². The smallest absolute Gasteiger partial charge is 0.256 e. The molecule has 0 radical (unpaired) electrons. The minimum absolute atomic E-state index is 0.0949. The third-order valence-corrected chi connectivity index (χ3v) is 5.09. The van der Waals surface area contributed by atoms with Crippen LogP contribution in [0.1, 0.15) is 59.7 Å². The Morgan fingerprint density at radius 1 is 0.926 bits per heavy atom. The summed E-state index contributed by atoms with van der Waals surface area (Å²) in [5.74, 6) is 0.204. The van der Waals surface area contributed by atoms with E-state index >= 15 is 0 Å². The summed E-state index contributed by atoms with van der Waals surface area (Å²) in [6, 6.07) is 9.65. The van der Waals surface area contributed by atoms with Crippen LogP contribution in [0.3, 0.4) is 0 Å². The Morgan fingerprint density at radius 2 is 1.56 bits per heavy atom. The van der Waals surface area contributed by atoms with Gasteiger partial charge in [-0.1, -0.05) is 17.7 Å². The number of rotatable bonds is 2. The first-order valence-corrected chi connectivity index (χ1v) is 9.51. The molecule has 0 saturated carbocycles. The topological polar surface area (TPSA) is 53.5 Å². The standard InChI is InChI=1S/C11H12ClNO.C10H12N2O/c1-7(2)13-6-8-3-4-9(12)5-10(8)11(13)14;1-7(2)12-6-9-8(10(12)13)4-3-5-11-9/h3-5,7H,6H2,1-2H3;3-5,7H,6H2,1-2H3. The average molecular weight is 386 g/mol. The summed E-state index contributed by atoms with van der Waals surface area (Å²) in [5.41, 5.74) is 3.50. The number of halogens is 1. The maximum absolute atomic E-state index is 11.9. The van der Waals surface area contributed by atoms with E-state index in [2.05, 4.69) is 4.98 Å². The predicted octanol–water partition coefficient (Wildman–Crippen LogP) is 4.15. The number of hydrogen-bond acceptors (Lipinski definition) is 3. The number of fused-ring (bicyclic) bond motifs is 2. The lowest BCUT2D eigenvalue weighted by Crippen LogP contribution is -2.30. The fourth-order valence-corrected chi connectivity index (χ4v) is 3.45. The summed E-state index contributed by atoms with van der Waals surface area (Å²) in [4.78, 5) is 31.4. The Kier molecular flexibility index (Phi) is 5.51. The highest BCUT2D eigenvalue weighted by Gasteiger charge is 2.30. The van der Waals surface area contributed by atoms with Gasteiger partial charge in [0.05, 0.1) is 17.8 Å². The van der Waals surface area contributed by atoms with Crippen molar-refractivity contribution in [2.45, 2.75) is 52.9 Å².